The topological polar surface area (TPSA) is 17.3 Å². The molecule has 0 spiro atoms. The highest BCUT2D eigenvalue weighted by atomic mass is 79.9. The molecule has 0 bridgehead atoms. The third kappa shape index (κ3) is 1.75. The molecule has 19 heavy (non-hydrogen) atoms. The monoisotopic (exact) mass is 336 g/mol. The number of benzene rings is 1. The van der Waals surface area contributed by atoms with E-state index in [4.69, 9.17) is 0 Å². The second-order valence-electron chi connectivity index (χ2n) is 4.73. The molecule has 2 nitrogen and oxygen atoms in total. The number of aryl methyl sites for hydroxylation is 2. The fourth-order valence-electron chi connectivity index (χ4n) is 2.63. The Hall–Kier alpha value is -1.20. The molecule has 1 aliphatic carbocycles. The molecule has 5 heteroatoms. The lowest BCUT2D eigenvalue weighted by molar-refractivity contribution is 0.630. The first-order chi connectivity index (χ1) is 9.22. The fourth-order valence-corrected chi connectivity index (χ4v) is 4.15. The van der Waals surface area contributed by atoms with Crippen molar-refractivity contribution in [1.29, 1.82) is 0 Å². The maximum absolute atomic E-state index is 14.0. The highest BCUT2D eigenvalue weighted by Gasteiger charge is 2.20. The number of rotatable bonds is 1. The summed E-state index contributed by atoms with van der Waals surface area (Å²) in [5, 5.41) is 0. The van der Waals surface area contributed by atoms with Gasteiger partial charge in [-0.15, -0.1) is 11.3 Å². The molecule has 4 rings (SSSR count). The molecule has 0 N–H and O–H groups in total. The lowest BCUT2D eigenvalue weighted by atomic mass is 10.1. The van der Waals surface area contributed by atoms with Crippen molar-refractivity contribution in [1.82, 2.24) is 9.38 Å². The van der Waals surface area contributed by atoms with Gasteiger partial charge >= 0.3 is 0 Å². The molecular weight excluding hydrogens is 327 g/mol. The van der Waals surface area contributed by atoms with Gasteiger partial charge in [0.2, 0.25) is 0 Å². The van der Waals surface area contributed by atoms with Crippen molar-refractivity contribution in [3.63, 3.8) is 0 Å². The number of hydrogen-bond donors (Lipinski definition) is 0. The standard InChI is InChI=1S/C14H10BrFN2S/c15-8-4-5-9(10(16)6-8)11-7-18-12-2-1-3-13(12)19-14(18)17-11/h4-7H,1-3H2. The van der Waals surface area contributed by atoms with Gasteiger partial charge in [0.05, 0.1) is 5.69 Å². The first-order valence-electron chi connectivity index (χ1n) is 6.17. The Morgan fingerprint density at radius 3 is 3.05 bits per heavy atom. The molecule has 0 atom stereocenters. The summed E-state index contributed by atoms with van der Waals surface area (Å²) in [4.78, 5) is 6.97. The van der Waals surface area contributed by atoms with Crippen LogP contribution in [0.25, 0.3) is 16.2 Å². The van der Waals surface area contributed by atoms with Crippen LogP contribution < -0.4 is 0 Å². The number of aromatic nitrogens is 2. The van der Waals surface area contributed by atoms with Crippen LogP contribution in [-0.4, -0.2) is 9.38 Å². The van der Waals surface area contributed by atoms with Gasteiger partial charge in [0, 0.05) is 26.8 Å². The third-order valence-electron chi connectivity index (χ3n) is 3.53. The van der Waals surface area contributed by atoms with E-state index in [1.807, 2.05) is 12.3 Å². The highest BCUT2D eigenvalue weighted by molar-refractivity contribution is 9.10. The van der Waals surface area contributed by atoms with Crippen molar-refractivity contribution < 1.29 is 4.39 Å². The van der Waals surface area contributed by atoms with Crippen LogP contribution in [0.3, 0.4) is 0 Å². The predicted molar refractivity (Wildman–Crippen MR) is 78.2 cm³/mol. The summed E-state index contributed by atoms with van der Waals surface area (Å²) in [5.74, 6) is -0.239. The van der Waals surface area contributed by atoms with Crippen molar-refractivity contribution in [3.8, 4) is 11.3 Å². The van der Waals surface area contributed by atoms with E-state index in [0.717, 1.165) is 22.3 Å². The van der Waals surface area contributed by atoms with Crippen LogP contribution in [0, 0.1) is 5.82 Å². The Kier molecular flexibility index (Phi) is 2.53. The van der Waals surface area contributed by atoms with Crippen LogP contribution in [0.2, 0.25) is 0 Å². The first kappa shape index (κ1) is 11.6. The Balaban J connectivity index is 1.89. The van der Waals surface area contributed by atoms with Crippen molar-refractivity contribution >= 4 is 32.2 Å². The van der Waals surface area contributed by atoms with Crippen molar-refractivity contribution in [3.05, 3.63) is 45.3 Å². The van der Waals surface area contributed by atoms with Gasteiger partial charge in [-0.2, -0.15) is 0 Å². The van der Waals surface area contributed by atoms with Crippen LogP contribution >= 0.6 is 27.3 Å². The van der Waals surface area contributed by atoms with Crippen LogP contribution in [0.1, 0.15) is 17.0 Å². The van der Waals surface area contributed by atoms with Crippen molar-refractivity contribution in [2.75, 3.05) is 0 Å². The maximum Gasteiger partial charge on any atom is 0.194 e. The van der Waals surface area contributed by atoms with E-state index in [9.17, 15) is 4.39 Å². The van der Waals surface area contributed by atoms with E-state index < -0.39 is 0 Å². The van der Waals surface area contributed by atoms with E-state index in [2.05, 4.69) is 25.3 Å². The molecule has 0 fully saturated rings. The number of fused-ring (bicyclic) bond motifs is 3. The van der Waals surface area contributed by atoms with E-state index in [1.54, 1.807) is 17.4 Å². The summed E-state index contributed by atoms with van der Waals surface area (Å²) in [6.07, 6.45) is 5.44. The summed E-state index contributed by atoms with van der Waals surface area (Å²) in [6.45, 7) is 0. The van der Waals surface area contributed by atoms with Crippen LogP contribution in [-0.2, 0) is 12.8 Å². The van der Waals surface area contributed by atoms with Crippen molar-refractivity contribution in [2.24, 2.45) is 0 Å². The smallest absolute Gasteiger partial charge is 0.194 e. The van der Waals surface area contributed by atoms with Gasteiger partial charge in [-0.25, -0.2) is 9.37 Å². The number of hydrogen-bond acceptors (Lipinski definition) is 2. The summed E-state index contributed by atoms with van der Waals surface area (Å²) >= 11 is 5.00. The second-order valence-corrected chi connectivity index (χ2v) is 6.71. The highest BCUT2D eigenvalue weighted by Crippen LogP contribution is 2.33. The normalized spacial score (nSPS) is 14.2. The van der Waals surface area contributed by atoms with E-state index >= 15 is 0 Å². The molecule has 0 unspecified atom stereocenters. The number of thiazole rings is 1. The lowest BCUT2D eigenvalue weighted by Gasteiger charge is -1.99. The molecule has 2 heterocycles. The minimum atomic E-state index is -0.239. The Morgan fingerprint density at radius 2 is 2.21 bits per heavy atom. The molecular formula is C14H10BrFN2S. The Labute approximate surface area is 122 Å². The predicted octanol–water partition coefficient (Wildman–Crippen LogP) is 4.45. The molecule has 0 saturated carbocycles. The molecule has 96 valence electrons. The van der Waals surface area contributed by atoms with Crippen LogP contribution in [0.5, 0.6) is 0 Å². The minimum Gasteiger partial charge on any atom is -0.294 e. The van der Waals surface area contributed by atoms with Gasteiger partial charge in [0.1, 0.15) is 5.82 Å². The van der Waals surface area contributed by atoms with Crippen LogP contribution in [0.15, 0.2) is 28.9 Å². The molecule has 1 aromatic carbocycles. The average molecular weight is 337 g/mol. The Morgan fingerprint density at radius 1 is 1.32 bits per heavy atom. The molecule has 0 amide bonds. The molecule has 1 aliphatic rings. The zero-order valence-electron chi connectivity index (χ0n) is 9.99. The molecule has 2 aromatic heterocycles. The largest absolute Gasteiger partial charge is 0.294 e. The number of halogens is 2. The third-order valence-corrected chi connectivity index (χ3v) is 5.18. The summed E-state index contributed by atoms with van der Waals surface area (Å²) in [5.41, 5.74) is 2.63. The van der Waals surface area contributed by atoms with E-state index in [0.29, 0.717) is 11.3 Å². The molecule has 0 aliphatic heterocycles. The number of nitrogens with zero attached hydrogens (tertiary/aromatic N) is 2. The minimum absolute atomic E-state index is 0.239. The maximum atomic E-state index is 14.0. The van der Waals surface area contributed by atoms with Gasteiger partial charge in [-0.3, -0.25) is 4.40 Å². The second kappa shape index (κ2) is 4.15. The van der Waals surface area contributed by atoms with Gasteiger partial charge in [0.25, 0.3) is 0 Å². The number of imidazole rings is 1. The van der Waals surface area contributed by atoms with Crippen molar-refractivity contribution in [2.45, 2.75) is 19.3 Å². The van der Waals surface area contributed by atoms with E-state index in [-0.39, 0.29) is 5.82 Å². The summed E-state index contributed by atoms with van der Waals surface area (Å²) in [7, 11) is 0. The van der Waals surface area contributed by atoms with Gasteiger partial charge in [0.15, 0.2) is 4.96 Å². The van der Waals surface area contributed by atoms with Gasteiger partial charge in [-0.1, -0.05) is 15.9 Å². The molecule has 0 saturated heterocycles. The summed E-state index contributed by atoms with van der Waals surface area (Å²) < 4.78 is 16.8. The Bertz CT molecular complexity index is 790. The molecule has 3 aromatic rings. The zero-order chi connectivity index (χ0) is 13.0. The quantitative estimate of drug-likeness (QED) is 0.641. The lowest BCUT2D eigenvalue weighted by Crippen LogP contribution is -1.86. The van der Waals surface area contributed by atoms with E-state index in [1.165, 1.54) is 23.1 Å². The van der Waals surface area contributed by atoms with Gasteiger partial charge < -0.3 is 0 Å². The zero-order valence-corrected chi connectivity index (χ0v) is 12.4. The fraction of sp³-hybridized carbons (Fsp3) is 0.214. The molecule has 0 radical (unpaired) electrons. The first-order valence-corrected chi connectivity index (χ1v) is 7.78. The SMILES string of the molecule is Fc1cc(Br)ccc1-c1cn2c3c(sc2n1)CCC3. The van der Waals surface area contributed by atoms with Crippen LogP contribution in [0.4, 0.5) is 4.39 Å². The summed E-state index contributed by atoms with van der Waals surface area (Å²) in [6, 6.07) is 5.09. The van der Waals surface area contributed by atoms with Gasteiger partial charge in [-0.05, 0) is 37.5 Å². The average Bonchev–Trinajstić information content (AvgIpc) is 2.99.